The molecule has 1 fully saturated rings. The van der Waals surface area contributed by atoms with Gasteiger partial charge in [0.25, 0.3) is 0 Å². The van der Waals surface area contributed by atoms with Gasteiger partial charge in [-0.2, -0.15) is 0 Å². The molecule has 0 aromatic carbocycles. The monoisotopic (exact) mass is 174 g/mol. The van der Waals surface area contributed by atoms with Gasteiger partial charge in [-0.15, -0.1) is 0 Å². The third-order valence-electron chi connectivity index (χ3n) is 2.99. The average molecular weight is 174 g/mol. The Kier molecular flexibility index (Phi) is 2.76. The smallest absolute Gasteiger partial charge is 0.0640 e. The highest BCUT2D eigenvalue weighted by molar-refractivity contribution is 4.89. The summed E-state index contributed by atoms with van der Waals surface area (Å²) in [5.41, 5.74) is -0.489. The SMILES string of the molecule is CC1(C)C(O)CCC(O)CC1O. The lowest BCUT2D eigenvalue weighted by molar-refractivity contribution is -0.0480. The van der Waals surface area contributed by atoms with E-state index in [1.165, 1.54) is 0 Å². The van der Waals surface area contributed by atoms with Crippen molar-refractivity contribution in [3.63, 3.8) is 0 Å². The van der Waals surface area contributed by atoms with E-state index < -0.39 is 23.7 Å². The highest BCUT2D eigenvalue weighted by Gasteiger charge is 2.38. The van der Waals surface area contributed by atoms with Crippen LogP contribution < -0.4 is 0 Å². The van der Waals surface area contributed by atoms with Gasteiger partial charge in [0.1, 0.15) is 0 Å². The molecule has 1 aliphatic rings. The quantitative estimate of drug-likeness (QED) is 0.462. The highest BCUT2D eigenvalue weighted by Crippen LogP contribution is 2.34. The fraction of sp³-hybridized carbons (Fsp3) is 1.00. The minimum atomic E-state index is -0.606. The van der Waals surface area contributed by atoms with Gasteiger partial charge in [-0.25, -0.2) is 0 Å². The van der Waals surface area contributed by atoms with Gasteiger partial charge in [0.05, 0.1) is 18.3 Å². The maximum absolute atomic E-state index is 9.64. The first-order valence-corrected chi connectivity index (χ1v) is 4.48. The lowest BCUT2D eigenvalue weighted by Gasteiger charge is -2.33. The maximum atomic E-state index is 9.64. The second-order valence-corrected chi connectivity index (χ2v) is 4.32. The molecule has 3 unspecified atom stereocenters. The standard InChI is InChI=1S/C9H18O3/c1-9(2)7(11)4-3-6(10)5-8(9)12/h6-8,10-12H,3-5H2,1-2H3. The summed E-state index contributed by atoms with van der Waals surface area (Å²) in [5.74, 6) is 0. The van der Waals surface area contributed by atoms with Crippen LogP contribution in [0.3, 0.4) is 0 Å². The molecule has 0 radical (unpaired) electrons. The Balaban J connectivity index is 2.72. The highest BCUT2D eigenvalue weighted by atomic mass is 16.3. The molecule has 0 aliphatic heterocycles. The third-order valence-corrected chi connectivity index (χ3v) is 2.99. The van der Waals surface area contributed by atoms with Gasteiger partial charge in [-0.3, -0.25) is 0 Å². The van der Waals surface area contributed by atoms with Crippen LogP contribution in [0.1, 0.15) is 33.1 Å². The predicted molar refractivity (Wildman–Crippen MR) is 45.7 cm³/mol. The third kappa shape index (κ3) is 1.79. The molecule has 0 aromatic rings. The molecule has 1 aliphatic carbocycles. The summed E-state index contributed by atoms with van der Waals surface area (Å²) in [7, 11) is 0. The summed E-state index contributed by atoms with van der Waals surface area (Å²) >= 11 is 0. The lowest BCUT2D eigenvalue weighted by atomic mass is 9.80. The molecule has 1 rings (SSSR count). The van der Waals surface area contributed by atoms with Crippen molar-refractivity contribution in [3.05, 3.63) is 0 Å². The van der Waals surface area contributed by atoms with Crippen LogP contribution in [0.2, 0.25) is 0 Å². The van der Waals surface area contributed by atoms with E-state index in [4.69, 9.17) is 0 Å². The predicted octanol–water partition coefficient (Wildman–Crippen LogP) is 0.279. The van der Waals surface area contributed by atoms with Crippen LogP contribution in [0.4, 0.5) is 0 Å². The Morgan fingerprint density at radius 1 is 1.00 bits per heavy atom. The zero-order chi connectivity index (χ0) is 9.35. The van der Waals surface area contributed by atoms with Crippen LogP contribution in [0, 0.1) is 5.41 Å². The number of aliphatic hydroxyl groups is 3. The van der Waals surface area contributed by atoms with Crippen molar-refractivity contribution in [3.8, 4) is 0 Å². The van der Waals surface area contributed by atoms with Crippen molar-refractivity contribution in [1.82, 2.24) is 0 Å². The van der Waals surface area contributed by atoms with Crippen LogP contribution >= 0.6 is 0 Å². The summed E-state index contributed by atoms with van der Waals surface area (Å²) in [4.78, 5) is 0. The summed E-state index contributed by atoms with van der Waals surface area (Å²) in [6.45, 7) is 3.67. The summed E-state index contributed by atoms with van der Waals surface area (Å²) in [6, 6.07) is 0. The largest absolute Gasteiger partial charge is 0.393 e. The second kappa shape index (κ2) is 3.32. The Bertz CT molecular complexity index is 156. The normalized spacial score (nSPS) is 42.2. The minimum Gasteiger partial charge on any atom is -0.393 e. The number of hydrogen-bond donors (Lipinski definition) is 3. The number of rotatable bonds is 0. The van der Waals surface area contributed by atoms with E-state index in [1.807, 2.05) is 13.8 Å². The second-order valence-electron chi connectivity index (χ2n) is 4.32. The molecule has 0 amide bonds. The molecule has 72 valence electrons. The Hall–Kier alpha value is -0.120. The zero-order valence-electron chi connectivity index (χ0n) is 7.70. The molecule has 12 heavy (non-hydrogen) atoms. The van der Waals surface area contributed by atoms with Gasteiger partial charge < -0.3 is 15.3 Å². The van der Waals surface area contributed by atoms with Crippen molar-refractivity contribution < 1.29 is 15.3 Å². The van der Waals surface area contributed by atoms with Gasteiger partial charge in [-0.05, 0) is 19.3 Å². The van der Waals surface area contributed by atoms with E-state index in [1.54, 1.807) is 0 Å². The van der Waals surface area contributed by atoms with Gasteiger partial charge in [0.15, 0.2) is 0 Å². The summed E-state index contributed by atoms with van der Waals surface area (Å²) in [6.07, 6.45) is -0.0391. The van der Waals surface area contributed by atoms with E-state index in [0.29, 0.717) is 19.3 Å². The van der Waals surface area contributed by atoms with Gasteiger partial charge in [0.2, 0.25) is 0 Å². The molecule has 0 bridgehead atoms. The molecule has 3 atom stereocenters. The molecule has 3 N–H and O–H groups in total. The van der Waals surface area contributed by atoms with Crippen molar-refractivity contribution in [2.75, 3.05) is 0 Å². The summed E-state index contributed by atoms with van der Waals surface area (Å²) in [5, 5.41) is 28.6. The van der Waals surface area contributed by atoms with E-state index in [9.17, 15) is 15.3 Å². The Morgan fingerprint density at radius 3 is 2.17 bits per heavy atom. The van der Waals surface area contributed by atoms with E-state index in [0.717, 1.165) is 0 Å². The zero-order valence-corrected chi connectivity index (χ0v) is 7.70. The van der Waals surface area contributed by atoms with Crippen molar-refractivity contribution >= 4 is 0 Å². The first kappa shape index (κ1) is 9.96. The average Bonchev–Trinajstić information content (AvgIpc) is 2.04. The molecule has 1 saturated carbocycles. The van der Waals surface area contributed by atoms with Crippen LogP contribution in [0.15, 0.2) is 0 Å². The fourth-order valence-electron chi connectivity index (χ4n) is 1.62. The van der Waals surface area contributed by atoms with Crippen molar-refractivity contribution in [2.45, 2.75) is 51.4 Å². The van der Waals surface area contributed by atoms with Crippen LogP contribution in [0.5, 0.6) is 0 Å². The van der Waals surface area contributed by atoms with Crippen molar-refractivity contribution in [2.24, 2.45) is 5.41 Å². The summed E-state index contributed by atoms with van der Waals surface area (Å²) < 4.78 is 0. The molecule has 0 spiro atoms. The maximum Gasteiger partial charge on any atom is 0.0640 e. The molecule has 0 aromatic heterocycles. The topological polar surface area (TPSA) is 60.7 Å². The van der Waals surface area contributed by atoms with Crippen molar-refractivity contribution in [1.29, 1.82) is 0 Å². The molecule has 0 heterocycles. The number of hydrogen-bond acceptors (Lipinski definition) is 3. The van der Waals surface area contributed by atoms with E-state index in [2.05, 4.69) is 0 Å². The van der Waals surface area contributed by atoms with E-state index >= 15 is 0 Å². The van der Waals surface area contributed by atoms with Crippen LogP contribution in [-0.2, 0) is 0 Å². The van der Waals surface area contributed by atoms with Gasteiger partial charge in [-0.1, -0.05) is 13.8 Å². The minimum absolute atomic E-state index is 0.379. The Labute approximate surface area is 73.0 Å². The van der Waals surface area contributed by atoms with E-state index in [-0.39, 0.29) is 0 Å². The van der Waals surface area contributed by atoms with Gasteiger partial charge >= 0.3 is 0 Å². The Morgan fingerprint density at radius 2 is 1.58 bits per heavy atom. The molecular formula is C9H18O3. The lowest BCUT2D eigenvalue weighted by Crippen LogP contribution is -2.39. The molecule has 0 saturated heterocycles. The number of aliphatic hydroxyl groups excluding tert-OH is 3. The van der Waals surface area contributed by atoms with Crippen LogP contribution in [0.25, 0.3) is 0 Å². The molecule has 3 nitrogen and oxygen atoms in total. The molecule has 3 heteroatoms. The molecular weight excluding hydrogens is 156 g/mol. The first-order valence-electron chi connectivity index (χ1n) is 4.48. The fourth-order valence-corrected chi connectivity index (χ4v) is 1.62. The van der Waals surface area contributed by atoms with Gasteiger partial charge in [0, 0.05) is 5.41 Å². The first-order chi connectivity index (χ1) is 5.44. The van der Waals surface area contributed by atoms with Crippen LogP contribution in [-0.4, -0.2) is 33.6 Å².